The second-order valence-corrected chi connectivity index (χ2v) is 6.30. The normalized spacial score (nSPS) is 11.2. The average molecular weight is 395 g/mol. The maximum absolute atomic E-state index is 12.1. The zero-order valence-corrected chi connectivity index (χ0v) is 15.6. The number of aromatic nitrogens is 1. The second kappa shape index (κ2) is 7.62. The molecule has 0 saturated carbocycles. The summed E-state index contributed by atoms with van der Waals surface area (Å²) in [5, 5.41) is 3.25. The molecule has 4 rings (SSSR count). The first-order chi connectivity index (χ1) is 13.6. The van der Waals surface area contributed by atoms with Gasteiger partial charge in [-0.3, -0.25) is 4.79 Å². The molecule has 28 heavy (non-hydrogen) atoms. The number of ether oxygens (including phenoxy) is 1. The van der Waals surface area contributed by atoms with Crippen LogP contribution in [0, 0.1) is 0 Å². The number of rotatable bonds is 5. The molecule has 0 fully saturated rings. The molecule has 2 heterocycles. The van der Waals surface area contributed by atoms with Crippen molar-refractivity contribution in [1.29, 1.82) is 0 Å². The lowest BCUT2D eigenvalue weighted by atomic mass is 10.2. The summed E-state index contributed by atoms with van der Waals surface area (Å²) < 4.78 is 16.1. The molecule has 0 radical (unpaired) electrons. The van der Waals surface area contributed by atoms with E-state index in [1.54, 1.807) is 61.9 Å². The Morgan fingerprint density at radius 1 is 1.21 bits per heavy atom. The average Bonchev–Trinajstić information content (AvgIpc) is 3.35. The van der Waals surface area contributed by atoms with Crippen molar-refractivity contribution in [2.45, 2.75) is 0 Å². The summed E-state index contributed by atoms with van der Waals surface area (Å²) in [4.78, 5) is 16.5. The fourth-order valence-electron chi connectivity index (χ4n) is 2.66. The number of hydrogen-bond donors (Lipinski definition) is 1. The highest BCUT2D eigenvalue weighted by atomic mass is 35.5. The third-order valence-electron chi connectivity index (χ3n) is 4.00. The molecule has 0 aliphatic rings. The molecule has 2 aromatic heterocycles. The van der Waals surface area contributed by atoms with Crippen LogP contribution in [0.15, 0.2) is 69.7 Å². The number of nitrogens with zero attached hydrogens (tertiary/aromatic N) is 1. The molecule has 0 bridgehead atoms. The molecule has 0 aliphatic carbocycles. The minimum Gasteiger partial charge on any atom is -0.495 e. The van der Waals surface area contributed by atoms with Gasteiger partial charge in [-0.25, -0.2) is 4.98 Å². The molecule has 7 heteroatoms. The van der Waals surface area contributed by atoms with Gasteiger partial charge in [0.25, 0.3) is 0 Å². The van der Waals surface area contributed by atoms with Crippen molar-refractivity contribution in [3.63, 3.8) is 0 Å². The van der Waals surface area contributed by atoms with Gasteiger partial charge in [0.05, 0.1) is 18.4 Å². The summed E-state index contributed by atoms with van der Waals surface area (Å²) in [6, 6.07) is 14.1. The highest BCUT2D eigenvalue weighted by molar-refractivity contribution is 6.32. The lowest BCUT2D eigenvalue weighted by Gasteiger charge is -2.03. The van der Waals surface area contributed by atoms with E-state index in [9.17, 15) is 4.79 Å². The SMILES string of the molecule is COc1ccc(-c2nc3cc(NC(=O)/C=C/c4ccco4)ccc3o2)cc1Cl. The Morgan fingerprint density at radius 2 is 2.11 bits per heavy atom. The van der Waals surface area contributed by atoms with E-state index in [1.807, 2.05) is 6.07 Å². The van der Waals surface area contributed by atoms with E-state index in [-0.39, 0.29) is 5.91 Å². The van der Waals surface area contributed by atoms with Crippen LogP contribution < -0.4 is 10.1 Å². The lowest BCUT2D eigenvalue weighted by molar-refractivity contribution is -0.111. The van der Waals surface area contributed by atoms with Crippen LogP contribution in [0.1, 0.15) is 5.76 Å². The highest BCUT2D eigenvalue weighted by Gasteiger charge is 2.11. The van der Waals surface area contributed by atoms with Gasteiger partial charge in [0.2, 0.25) is 11.8 Å². The summed E-state index contributed by atoms with van der Waals surface area (Å²) in [5.41, 5.74) is 2.56. The second-order valence-electron chi connectivity index (χ2n) is 5.89. The van der Waals surface area contributed by atoms with E-state index in [1.165, 1.54) is 6.08 Å². The number of carbonyl (C=O) groups is 1. The van der Waals surface area contributed by atoms with Gasteiger partial charge >= 0.3 is 0 Å². The molecule has 1 N–H and O–H groups in total. The molecule has 0 saturated heterocycles. The number of benzene rings is 2. The molecule has 4 aromatic rings. The smallest absolute Gasteiger partial charge is 0.248 e. The standard InChI is InChI=1S/C21H15ClN2O4/c1-26-18-7-4-13(11-16(18)22)21-24-17-12-14(5-8-19(17)28-21)23-20(25)9-6-15-3-2-10-27-15/h2-12H,1H3,(H,23,25)/b9-6+. The van der Waals surface area contributed by atoms with Gasteiger partial charge in [0.15, 0.2) is 5.58 Å². The molecule has 1 amide bonds. The first-order valence-electron chi connectivity index (χ1n) is 8.39. The number of fused-ring (bicyclic) bond motifs is 1. The van der Waals surface area contributed by atoms with Crippen molar-refractivity contribution in [3.8, 4) is 17.2 Å². The quantitative estimate of drug-likeness (QED) is 0.458. The molecule has 2 aromatic carbocycles. The van der Waals surface area contributed by atoms with Gasteiger partial charge in [-0.05, 0) is 54.6 Å². The minimum absolute atomic E-state index is 0.276. The number of furan rings is 1. The van der Waals surface area contributed by atoms with Gasteiger partial charge in [-0.1, -0.05) is 11.6 Å². The van der Waals surface area contributed by atoms with Crippen LogP contribution in [0.25, 0.3) is 28.6 Å². The number of nitrogens with one attached hydrogen (secondary N) is 1. The van der Waals surface area contributed by atoms with E-state index >= 15 is 0 Å². The van der Waals surface area contributed by atoms with Crippen molar-refractivity contribution < 1.29 is 18.4 Å². The van der Waals surface area contributed by atoms with Crippen LogP contribution in [-0.4, -0.2) is 18.0 Å². The minimum atomic E-state index is -0.276. The fraction of sp³-hybridized carbons (Fsp3) is 0.0476. The number of amides is 1. The Balaban J connectivity index is 1.54. The number of hydrogen-bond acceptors (Lipinski definition) is 5. The largest absolute Gasteiger partial charge is 0.495 e. The zero-order chi connectivity index (χ0) is 19.5. The van der Waals surface area contributed by atoms with E-state index in [4.69, 9.17) is 25.2 Å². The molecular formula is C21H15ClN2O4. The van der Waals surface area contributed by atoms with Crippen LogP contribution >= 0.6 is 11.6 Å². The summed E-state index contributed by atoms with van der Waals surface area (Å²) in [7, 11) is 1.56. The first kappa shape index (κ1) is 17.9. The molecule has 140 valence electrons. The van der Waals surface area contributed by atoms with Gasteiger partial charge in [-0.15, -0.1) is 0 Å². The van der Waals surface area contributed by atoms with E-state index in [2.05, 4.69) is 10.3 Å². The van der Waals surface area contributed by atoms with E-state index < -0.39 is 0 Å². The Morgan fingerprint density at radius 3 is 2.86 bits per heavy atom. The fourth-order valence-corrected chi connectivity index (χ4v) is 2.91. The summed E-state index contributed by atoms with van der Waals surface area (Å²) in [6.45, 7) is 0. The lowest BCUT2D eigenvalue weighted by Crippen LogP contribution is -2.07. The molecule has 0 aliphatic heterocycles. The number of anilines is 1. The Kier molecular flexibility index (Phi) is 4.87. The highest BCUT2D eigenvalue weighted by Crippen LogP contribution is 2.32. The van der Waals surface area contributed by atoms with Crippen molar-refractivity contribution >= 4 is 40.4 Å². The Hall–Kier alpha value is -3.51. The first-order valence-corrected chi connectivity index (χ1v) is 8.77. The number of oxazole rings is 1. The van der Waals surface area contributed by atoms with E-state index in [0.29, 0.717) is 39.2 Å². The monoisotopic (exact) mass is 394 g/mol. The molecule has 0 unspecified atom stereocenters. The Bertz CT molecular complexity index is 1160. The summed E-state index contributed by atoms with van der Waals surface area (Å²) in [5.74, 6) is 1.33. The van der Waals surface area contributed by atoms with Crippen molar-refractivity contribution in [3.05, 3.63) is 71.7 Å². The van der Waals surface area contributed by atoms with Crippen LogP contribution in [-0.2, 0) is 4.79 Å². The van der Waals surface area contributed by atoms with Gasteiger partial charge in [0.1, 0.15) is 17.0 Å². The van der Waals surface area contributed by atoms with Crippen LogP contribution in [0.3, 0.4) is 0 Å². The van der Waals surface area contributed by atoms with Crippen molar-refractivity contribution in [2.75, 3.05) is 12.4 Å². The Labute approximate surface area is 165 Å². The number of carbonyl (C=O) groups excluding carboxylic acids is 1. The van der Waals surface area contributed by atoms with Gasteiger partial charge in [0, 0.05) is 17.3 Å². The van der Waals surface area contributed by atoms with Crippen LogP contribution in [0.5, 0.6) is 5.75 Å². The third-order valence-corrected chi connectivity index (χ3v) is 4.29. The third kappa shape index (κ3) is 3.77. The number of halogens is 1. The maximum atomic E-state index is 12.1. The van der Waals surface area contributed by atoms with Crippen LogP contribution in [0.4, 0.5) is 5.69 Å². The molecular weight excluding hydrogens is 380 g/mol. The molecule has 0 spiro atoms. The predicted octanol–water partition coefficient (Wildman–Crippen LogP) is 5.40. The van der Waals surface area contributed by atoms with Crippen molar-refractivity contribution in [2.24, 2.45) is 0 Å². The van der Waals surface area contributed by atoms with Gasteiger partial charge in [-0.2, -0.15) is 0 Å². The maximum Gasteiger partial charge on any atom is 0.248 e. The topological polar surface area (TPSA) is 77.5 Å². The summed E-state index contributed by atoms with van der Waals surface area (Å²) in [6.07, 6.45) is 4.54. The molecule has 6 nitrogen and oxygen atoms in total. The van der Waals surface area contributed by atoms with Gasteiger partial charge < -0.3 is 18.9 Å². The predicted molar refractivity (Wildman–Crippen MR) is 107 cm³/mol. The number of methoxy groups -OCH3 is 1. The zero-order valence-electron chi connectivity index (χ0n) is 14.8. The van der Waals surface area contributed by atoms with Crippen LogP contribution in [0.2, 0.25) is 5.02 Å². The molecule has 0 atom stereocenters. The van der Waals surface area contributed by atoms with Crippen molar-refractivity contribution in [1.82, 2.24) is 4.98 Å². The van der Waals surface area contributed by atoms with E-state index in [0.717, 1.165) is 5.56 Å². The summed E-state index contributed by atoms with van der Waals surface area (Å²) >= 11 is 6.17.